The highest BCUT2D eigenvalue weighted by Crippen LogP contribution is 2.65. The molecule has 1 saturated heterocycles. The summed E-state index contributed by atoms with van der Waals surface area (Å²) in [6.07, 6.45) is -6.21. The number of fused-ring (bicyclic) bond motifs is 1. The normalized spacial score (nSPS) is 27.2. The van der Waals surface area contributed by atoms with Crippen LogP contribution in [0.5, 0.6) is 0 Å². The maximum absolute atomic E-state index is 14.4. The Balaban J connectivity index is 1.18. The lowest BCUT2D eigenvalue weighted by atomic mass is 9.43. The first-order valence-electron chi connectivity index (χ1n) is 19.0. The number of methoxy groups -OCH3 is 1. The average Bonchev–Trinajstić information content (AvgIpc) is 3.68. The Labute approximate surface area is 330 Å². The number of aromatic nitrogens is 2. The number of hydrogen-bond acceptors (Lipinski definition) is 9. The smallest absolute Gasteiger partial charge is 0.465 e. The number of benzene rings is 2. The Kier molecular flexibility index (Phi) is 10.6. The Hall–Kier alpha value is -5.04. The number of halogens is 5. The molecule has 3 aliphatic carbocycles. The third-order valence-corrected chi connectivity index (χ3v) is 12.5. The van der Waals surface area contributed by atoms with Crippen molar-refractivity contribution in [1.82, 2.24) is 20.2 Å². The van der Waals surface area contributed by atoms with Crippen LogP contribution in [-0.4, -0.2) is 65.8 Å². The molecule has 310 valence electrons. The summed E-state index contributed by atoms with van der Waals surface area (Å²) in [5.74, 6) is -2.48. The molecule has 0 radical (unpaired) electrons. The second kappa shape index (κ2) is 15.0. The van der Waals surface area contributed by atoms with Gasteiger partial charge in [-0.3, -0.25) is 14.2 Å². The number of esters is 1. The summed E-state index contributed by atoms with van der Waals surface area (Å²) in [6, 6.07) is 8.30. The van der Waals surface area contributed by atoms with Crippen LogP contribution >= 0.6 is 0 Å². The molecule has 3 amide bonds. The zero-order valence-corrected chi connectivity index (χ0v) is 32.4. The van der Waals surface area contributed by atoms with Crippen molar-refractivity contribution >= 4 is 36.4 Å². The molecule has 5 aliphatic rings. The van der Waals surface area contributed by atoms with Crippen LogP contribution in [0.15, 0.2) is 59.5 Å². The topological polar surface area (TPSA) is 162 Å². The number of urea groups is 1. The number of nitrogens with zero attached hydrogens (tertiary/aromatic N) is 2. The van der Waals surface area contributed by atoms with Crippen LogP contribution in [0.3, 0.4) is 0 Å². The SMILES string of the molecule is COC(=O)c1ccccc1NC(=O)N[C@]1(C)C[C@@H](C(=O)N[C@@H](CC(F)F)B2O[C@@H]3C[C@@H]4C[C@@H](C4(C)C)[C@]3(C)O2)n2c1ncc(NCc1cccc(C(F)(F)F)c1)c2=O. The van der Waals surface area contributed by atoms with Crippen LogP contribution in [0.1, 0.15) is 86.7 Å². The Morgan fingerprint density at radius 2 is 1.79 bits per heavy atom. The summed E-state index contributed by atoms with van der Waals surface area (Å²) in [7, 11) is -0.0373. The van der Waals surface area contributed by atoms with Crippen LogP contribution in [0.4, 0.5) is 38.1 Å². The molecule has 58 heavy (non-hydrogen) atoms. The minimum atomic E-state index is -4.60. The molecule has 4 fully saturated rings. The van der Waals surface area contributed by atoms with E-state index in [-0.39, 0.29) is 58.7 Å². The number of carbonyl (C=O) groups excluding carboxylic acids is 3. The fourth-order valence-corrected chi connectivity index (χ4v) is 9.29. The summed E-state index contributed by atoms with van der Waals surface area (Å²) in [6.45, 7) is 7.51. The number of nitrogens with one attached hydrogen (secondary N) is 4. The largest absolute Gasteiger partial charge is 0.481 e. The van der Waals surface area contributed by atoms with Crippen molar-refractivity contribution in [2.75, 3.05) is 17.7 Å². The lowest BCUT2D eigenvalue weighted by Gasteiger charge is -2.64. The molecular formula is C39H44BF5N6O7. The highest BCUT2D eigenvalue weighted by atomic mass is 19.4. The van der Waals surface area contributed by atoms with Gasteiger partial charge in [-0.25, -0.2) is 23.4 Å². The van der Waals surface area contributed by atoms with E-state index in [1.54, 1.807) is 12.1 Å². The fraction of sp³-hybridized carbons (Fsp3) is 0.513. The zero-order chi connectivity index (χ0) is 41.9. The molecule has 3 heterocycles. The van der Waals surface area contributed by atoms with E-state index in [9.17, 15) is 41.1 Å². The second-order valence-corrected chi connectivity index (χ2v) is 16.5. The molecule has 7 atom stereocenters. The minimum absolute atomic E-state index is 0.0370. The predicted molar refractivity (Wildman–Crippen MR) is 201 cm³/mol. The van der Waals surface area contributed by atoms with Gasteiger partial charge in [-0.05, 0) is 73.8 Å². The van der Waals surface area contributed by atoms with Crippen molar-refractivity contribution in [2.45, 2.75) is 102 Å². The molecule has 0 unspecified atom stereocenters. The highest BCUT2D eigenvalue weighted by Gasteiger charge is 2.68. The lowest BCUT2D eigenvalue weighted by Crippen LogP contribution is -2.65. The third kappa shape index (κ3) is 7.42. The molecule has 1 aromatic heterocycles. The van der Waals surface area contributed by atoms with Gasteiger partial charge in [0, 0.05) is 19.4 Å². The first-order chi connectivity index (χ1) is 27.2. The Bertz CT molecular complexity index is 2170. The summed E-state index contributed by atoms with van der Waals surface area (Å²) in [4.78, 5) is 58.9. The molecule has 2 bridgehead atoms. The van der Waals surface area contributed by atoms with Crippen LogP contribution in [0, 0.1) is 17.3 Å². The lowest BCUT2D eigenvalue weighted by molar-refractivity contribution is -0.199. The van der Waals surface area contributed by atoms with Crippen molar-refractivity contribution in [3.8, 4) is 0 Å². The van der Waals surface area contributed by atoms with Crippen molar-refractivity contribution in [1.29, 1.82) is 0 Å². The molecule has 0 spiro atoms. The summed E-state index contributed by atoms with van der Waals surface area (Å²) in [5.41, 5.74) is -3.86. The van der Waals surface area contributed by atoms with E-state index in [0.717, 1.165) is 29.3 Å². The first kappa shape index (κ1) is 41.1. The summed E-state index contributed by atoms with van der Waals surface area (Å²) in [5, 5.41) is 10.8. The summed E-state index contributed by atoms with van der Waals surface area (Å²) < 4.78 is 87.1. The van der Waals surface area contributed by atoms with E-state index in [2.05, 4.69) is 40.1 Å². The van der Waals surface area contributed by atoms with Gasteiger partial charge < -0.3 is 35.3 Å². The molecule has 3 aromatic rings. The number of alkyl halides is 5. The van der Waals surface area contributed by atoms with Crippen LogP contribution in [0.2, 0.25) is 0 Å². The Morgan fingerprint density at radius 3 is 2.48 bits per heavy atom. The van der Waals surface area contributed by atoms with E-state index in [4.69, 9.17) is 14.0 Å². The second-order valence-electron chi connectivity index (χ2n) is 16.5. The molecule has 13 nitrogen and oxygen atoms in total. The van der Waals surface area contributed by atoms with Crippen LogP contribution < -0.4 is 26.8 Å². The minimum Gasteiger partial charge on any atom is -0.465 e. The zero-order valence-electron chi connectivity index (χ0n) is 32.4. The molecule has 3 saturated carbocycles. The van der Waals surface area contributed by atoms with Crippen molar-refractivity contribution in [3.05, 3.63) is 87.6 Å². The van der Waals surface area contributed by atoms with E-state index in [1.807, 2.05) is 6.92 Å². The van der Waals surface area contributed by atoms with Crippen molar-refractivity contribution in [2.24, 2.45) is 17.3 Å². The molecule has 4 N–H and O–H groups in total. The monoisotopic (exact) mass is 814 g/mol. The molecule has 2 aliphatic heterocycles. The van der Waals surface area contributed by atoms with Gasteiger partial charge in [0.2, 0.25) is 12.3 Å². The van der Waals surface area contributed by atoms with Crippen LogP contribution in [-0.2, 0) is 37.1 Å². The highest BCUT2D eigenvalue weighted by molar-refractivity contribution is 6.48. The van der Waals surface area contributed by atoms with Gasteiger partial charge in [-0.1, -0.05) is 38.1 Å². The molecular weight excluding hydrogens is 770 g/mol. The third-order valence-electron chi connectivity index (χ3n) is 12.5. The fourth-order valence-electron chi connectivity index (χ4n) is 9.29. The number of para-hydroxylation sites is 1. The quantitative estimate of drug-likeness (QED) is 0.103. The van der Waals surface area contributed by atoms with Gasteiger partial charge in [0.15, 0.2) is 0 Å². The number of anilines is 2. The maximum Gasteiger partial charge on any atom is 0.481 e. The Morgan fingerprint density at radius 1 is 1.05 bits per heavy atom. The van der Waals surface area contributed by atoms with E-state index in [0.29, 0.717) is 12.3 Å². The predicted octanol–water partition coefficient (Wildman–Crippen LogP) is 6.05. The molecule has 19 heteroatoms. The van der Waals surface area contributed by atoms with Crippen molar-refractivity contribution in [3.63, 3.8) is 0 Å². The number of carbonyl (C=O) groups is 3. The molecule has 2 aromatic carbocycles. The average molecular weight is 815 g/mol. The van der Waals surface area contributed by atoms with Gasteiger partial charge in [0.1, 0.15) is 17.6 Å². The van der Waals surface area contributed by atoms with Gasteiger partial charge >= 0.3 is 25.3 Å². The van der Waals surface area contributed by atoms with E-state index >= 15 is 0 Å². The van der Waals surface area contributed by atoms with E-state index in [1.165, 1.54) is 38.3 Å². The van der Waals surface area contributed by atoms with Gasteiger partial charge in [0.25, 0.3) is 5.56 Å². The van der Waals surface area contributed by atoms with Gasteiger partial charge in [0.05, 0.1) is 53.3 Å². The number of rotatable bonds is 11. The standard InChI is InChI=1S/C39H44BF5N6O7/c1-36(2)22-14-27(36)38(4)28(15-22)57-40(58-38)29(16-30(41)42)49-31(52)26-17-37(3,50-35(55)48-24-12-7-6-11-23(24)33(54)56-5)34-47-19-25(32(53)51(26)34)46-18-20-9-8-10-21(13-20)39(43,44)45/h6-13,19,22,26-30,46H,14-18H2,1-5H3,(H,49,52)(H2,48,50,55)/t22-,26-,27-,28+,29-,37+,38-/m0/s1. The molecule has 8 rings (SSSR count). The summed E-state index contributed by atoms with van der Waals surface area (Å²) >= 11 is 0. The maximum atomic E-state index is 14.4. The first-order valence-corrected chi connectivity index (χ1v) is 19.0. The van der Waals surface area contributed by atoms with E-state index < -0.39 is 78.3 Å². The number of ether oxygens (including phenoxy) is 1. The van der Waals surface area contributed by atoms with Crippen molar-refractivity contribution < 1.29 is 50.4 Å². The number of amides is 3. The van der Waals surface area contributed by atoms with Gasteiger partial charge in [-0.2, -0.15) is 13.2 Å². The van der Waals surface area contributed by atoms with Gasteiger partial charge in [-0.15, -0.1) is 0 Å². The van der Waals surface area contributed by atoms with Crippen LogP contribution in [0.25, 0.3) is 0 Å². The number of hydrogen-bond donors (Lipinski definition) is 4.